The number of pyridine rings is 1. The zero-order valence-electron chi connectivity index (χ0n) is 12.9. The Balaban J connectivity index is 1.98. The van der Waals surface area contributed by atoms with Crippen LogP contribution in [0.2, 0.25) is 0 Å². The van der Waals surface area contributed by atoms with Crippen LogP contribution in [0.1, 0.15) is 23.3 Å². The van der Waals surface area contributed by atoms with E-state index >= 15 is 0 Å². The third kappa shape index (κ3) is 4.17. The van der Waals surface area contributed by atoms with Gasteiger partial charge in [-0.25, -0.2) is 0 Å². The molecule has 0 unspecified atom stereocenters. The predicted molar refractivity (Wildman–Crippen MR) is 79.7 cm³/mol. The lowest BCUT2D eigenvalue weighted by Gasteiger charge is -2.32. The third-order valence-corrected chi connectivity index (χ3v) is 3.49. The van der Waals surface area contributed by atoms with Gasteiger partial charge in [-0.05, 0) is 18.9 Å². The highest BCUT2D eigenvalue weighted by atomic mass is 16.5. The molecule has 2 amide bonds. The Kier molecular flexibility index (Phi) is 5.71. The number of ether oxygens (including phenoxy) is 2. The third-order valence-electron chi connectivity index (χ3n) is 3.49. The van der Waals surface area contributed by atoms with Crippen LogP contribution in [0.15, 0.2) is 18.3 Å². The number of nitrogens with zero attached hydrogens (tertiary/aromatic N) is 2. The summed E-state index contributed by atoms with van der Waals surface area (Å²) in [6.45, 7) is 1.34. The van der Waals surface area contributed by atoms with Crippen LogP contribution in [-0.4, -0.2) is 61.7 Å². The van der Waals surface area contributed by atoms with Crippen LogP contribution in [0.4, 0.5) is 0 Å². The number of nitrogens with one attached hydrogen (secondary N) is 1. The molecule has 0 radical (unpaired) electrons. The maximum atomic E-state index is 11.9. The van der Waals surface area contributed by atoms with Crippen LogP contribution in [-0.2, 0) is 9.53 Å². The van der Waals surface area contributed by atoms with Gasteiger partial charge < -0.3 is 19.7 Å². The molecule has 1 aliphatic heterocycles. The number of piperidine rings is 1. The highest BCUT2D eigenvalue weighted by Gasteiger charge is 2.24. The number of likely N-dealkylation sites (tertiary alicyclic amines) is 1. The quantitative estimate of drug-likeness (QED) is 0.854. The van der Waals surface area contributed by atoms with Crippen molar-refractivity contribution in [3.05, 3.63) is 24.0 Å². The van der Waals surface area contributed by atoms with Crippen molar-refractivity contribution in [2.24, 2.45) is 0 Å². The summed E-state index contributed by atoms with van der Waals surface area (Å²) in [5.74, 6) is 0.294. The topological polar surface area (TPSA) is 80.8 Å². The van der Waals surface area contributed by atoms with Gasteiger partial charge in [0.2, 0.25) is 5.91 Å². The molecule has 1 saturated heterocycles. The monoisotopic (exact) mass is 307 g/mol. The Bertz CT molecular complexity index is 535. The number of hydrogen-bond donors (Lipinski definition) is 1. The molecule has 0 aromatic carbocycles. The summed E-state index contributed by atoms with van der Waals surface area (Å²) in [5.41, 5.74) is 0.308. The molecular weight excluding hydrogens is 286 g/mol. The number of methoxy groups -OCH3 is 1. The Morgan fingerprint density at radius 2 is 2.32 bits per heavy atom. The molecule has 22 heavy (non-hydrogen) atoms. The van der Waals surface area contributed by atoms with E-state index in [0.717, 1.165) is 19.4 Å². The number of hydrogen-bond acceptors (Lipinski definition) is 5. The average Bonchev–Trinajstić information content (AvgIpc) is 2.55. The van der Waals surface area contributed by atoms with Crippen molar-refractivity contribution >= 4 is 11.8 Å². The van der Waals surface area contributed by atoms with Gasteiger partial charge in [0.25, 0.3) is 5.91 Å². The van der Waals surface area contributed by atoms with Gasteiger partial charge in [-0.2, -0.15) is 0 Å². The summed E-state index contributed by atoms with van der Waals surface area (Å²) in [4.78, 5) is 29.2. The summed E-state index contributed by atoms with van der Waals surface area (Å²) < 4.78 is 10.8. The van der Waals surface area contributed by atoms with Crippen molar-refractivity contribution in [2.45, 2.75) is 18.9 Å². The molecule has 2 rings (SSSR count). The minimum atomic E-state index is -0.258. The number of carbonyl (C=O) groups excluding carboxylic acids is 2. The Labute approximate surface area is 129 Å². The first-order chi connectivity index (χ1) is 10.6. The van der Waals surface area contributed by atoms with Crippen LogP contribution in [0, 0.1) is 0 Å². The van der Waals surface area contributed by atoms with Gasteiger partial charge in [0.05, 0.1) is 6.54 Å². The Morgan fingerprint density at radius 1 is 1.50 bits per heavy atom. The van der Waals surface area contributed by atoms with Gasteiger partial charge in [-0.15, -0.1) is 0 Å². The average molecular weight is 307 g/mol. The van der Waals surface area contributed by atoms with Gasteiger partial charge in [0.1, 0.15) is 24.2 Å². The molecule has 0 spiro atoms. The van der Waals surface area contributed by atoms with E-state index in [1.807, 2.05) is 0 Å². The van der Waals surface area contributed by atoms with Crippen molar-refractivity contribution in [1.29, 1.82) is 0 Å². The first-order valence-corrected chi connectivity index (χ1v) is 7.25. The highest BCUT2D eigenvalue weighted by molar-refractivity contribution is 5.92. The van der Waals surface area contributed by atoms with Gasteiger partial charge in [-0.1, -0.05) is 0 Å². The van der Waals surface area contributed by atoms with Crippen LogP contribution in [0.25, 0.3) is 0 Å². The Hall–Kier alpha value is -2.15. The van der Waals surface area contributed by atoms with E-state index in [2.05, 4.69) is 10.3 Å². The molecule has 2 heterocycles. The van der Waals surface area contributed by atoms with Crippen molar-refractivity contribution in [1.82, 2.24) is 15.2 Å². The number of carbonyl (C=O) groups is 2. The van der Waals surface area contributed by atoms with E-state index in [-0.39, 0.29) is 24.5 Å². The molecule has 0 aliphatic carbocycles. The van der Waals surface area contributed by atoms with Crippen molar-refractivity contribution in [3.8, 4) is 5.75 Å². The zero-order valence-corrected chi connectivity index (χ0v) is 12.9. The summed E-state index contributed by atoms with van der Waals surface area (Å²) in [7, 11) is 3.06. The van der Waals surface area contributed by atoms with Gasteiger partial charge in [-0.3, -0.25) is 14.6 Å². The first kappa shape index (κ1) is 16.2. The fraction of sp³-hybridized carbons (Fsp3) is 0.533. The second kappa shape index (κ2) is 7.74. The van der Waals surface area contributed by atoms with Crippen molar-refractivity contribution in [3.63, 3.8) is 0 Å². The molecule has 7 heteroatoms. The molecule has 120 valence electrons. The first-order valence-electron chi connectivity index (χ1n) is 7.25. The highest BCUT2D eigenvalue weighted by Crippen LogP contribution is 2.19. The second-order valence-electron chi connectivity index (χ2n) is 5.11. The number of aromatic nitrogens is 1. The predicted octanol–water partition coefficient (Wildman–Crippen LogP) is 0.457. The number of rotatable bonds is 5. The van der Waals surface area contributed by atoms with E-state index in [0.29, 0.717) is 18.0 Å². The summed E-state index contributed by atoms with van der Waals surface area (Å²) in [6, 6.07) is 3.32. The molecule has 0 bridgehead atoms. The molecule has 1 aliphatic rings. The maximum Gasteiger partial charge on any atom is 0.269 e. The molecule has 1 atom stereocenters. The minimum Gasteiger partial charge on any atom is -0.488 e. The lowest BCUT2D eigenvalue weighted by atomic mass is 10.1. The van der Waals surface area contributed by atoms with E-state index < -0.39 is 0 Å². The molecule has 0 saturated carbocycles. The van der Waals surface area contributed by atoms with E-state index in [4.69, 9.17) is 9.47 Å². The summed E-state index contributed by atoms with van der Waals surface area (Å²) >= 11 is 0. The van der Waals surface area contributed by atoms with Crippen molar-refractivity contribution in [2.75, 3.05) is 33.9 Å². The summed E-state index contributed by atoms with van der Waals surface area (Å²) in [6.07, 6.45) is 3.20. The molecule has 1 aromatic rings. The van der Waals surface area contributed by atoms with Crippen LogP contribution in [0.5, 0.6) is 5.75 Å². The SMILES string of the molecule is CNC(=O)c1cc(O[C@H]2CCCN(C(=O)COC)C2)ccn1. The molecule has 1 aromatic heterocycles. The lowest BCUT2D eigenvalue weighted by molar-refractivity contribution is -0.137. The second-order valence-corrected chi connectivity index (χ2v) is 5.11. The maximum absolute atomic E-state index is 11.9. The fourth-order valence-electron chi connectivity index (χ4n) is 2.40. The van der Waals surface area contributed by atoms with E-state index in [1.54, 1.807) is 24.1 Å². The lowest BCUT2D eigenvalue weighted by Crippen LogP contribution is -2.45. The zero-order chi connectivity index (χ0) is 15.9. The van der Waals surface area contributed by atoms with E-state index in [9.17, 15) is 9.59 Å². The Morgan fingerprint density at radius 3 is 3.05 bits per heavy atom. The largest absolute Gasteiger partial charge is 0.488 e. The van der Waals surface area contributed by atoms with Crippen molar-refractivity contribution < 1.29 is 19.1 Å². The molecule has 7 nitrogen and oxygen atoms in total. The molecule has 1 N–H and O–H groups in total. The van der Waals surface area contributed by atoms with Gasteiger partial charge in [0, 0.05) is 33.0 Å². The fourth-order valence-corrected chi connectivity index (χ4v) is 2.40. The molecule has 1 fully saturated rings. The minimum absolute atomic E-state index is 0.0309. The number of amides is 2. The van der Waals surface area contributed by atoms with Gasteiger partial charge >= 0.3 is 0 Å². The van der Waals surface area contributed by atoms with Crippen LogP contribution in [0.3, 0.4) is 0 Å². The standard InChI is InChI=1S/C15H21N3O4/c1-16-15(20)13-8-11(5-6-17-13)22-12-4-3-7-18(9-12)14(19)10-21-2/h5-6,8,12H,3-4,7,9-10H2,1-2H3,(H,16,20)/t12-/m0/s1. The van der Waals surface area contributed by atoms with E-state index in [1.165, 1.54) is 13.3 Å². The van der Waals surface area contributed by atoms with Gasteiger partial charge in [0.15, 0.2) is 0 Å². The normalized spacial score (nSPS) is 17.9. The summed E-state index contributed by atoms with van der Waals surface area (Å²) in [5, 5.41) is 2.52. The van der Waals surface area contributed by atoms with Crippen LogP contribution >= 0.6 is 0 Å². The molecular formula is C15H21N3O4. The smallest absolute Gasteiger partial charge is 0.269 e. The van der Waals surface area contributed by atoms with Crippen LogP contribution < -0.4 is 10.1 Å².